The molecular weight excluding hydrogens is 292 g/mol. The molecule has 0 saturated carbocycles. The fourth-order valence-corrected chi connectivity index (χ4v) is 1.81. The van der Waals surface area contributed by atoms with Crippen LogP contribution < -0.4 is 9.47 Å². The normalized spacial score (nSPS) is 10.7. The fraction of sp³-hybridized carbons (Fsp3) is 0.526. The summed E-state index contributed by atoms with van der Waals surface area (Å²) in [6.07, 6.45) is 6.94. The van der Waals surface area contributed by atoms with Gasteiger partial charge in [0.15, 0.2) is 11.5 Å². The zero-order valence-electron chi connectivity index (χ0n) is 14.5. The van der Waals surface area contributed by atoms with Crippen molar-refractivity contribution in [1.29, 1.82) is 0 Å². The largest absolute Gasteiger partial charge is 0.490 e. The van der Waals surface area contributed by atoms with E-state index in [-0.39, 0.29) is 5.97 Å². The Morgan fingerprint density at radius 1 is 0.957 bits per heavy atom. The van der Waals surface area contributed by atoms with Crippen molar-refractivity contribution in [3.05, 3.63) is 29.8 Å². The van der Waals surface area contributed by atoms with Crippen LogP contribution in [0.4, 0.5) is 0 Å². The molecule has 0 radical (unpaired) electrons. The Kier molecular flexibility index (Phi) is 9.60. The van der Waals surface area contributed by atoms with Gasteiger partial charge >= 0.3 is 5.97 Å². The van der Waals surface area contributed by atoms with E-state index in [0.717, 1.165) is 37.0 Å². The van der Waals surface area contributed by atoms with Crippen LogP contribution in [0, 0.1) is 0 Å². The highest BCUT2D eigenvalue weighted by molar-refractivity contribution is 5.87. The number of carbonyl (C=O) groups excluding carboxylic acids is 1. The molecule has 4 heteroatoms. The van der Waals surface area contributed by atoms with Crippen molar-refractivity contribution in [1.82, 2.24) is 0 Å². The first-order valence-corrected chi connectivity index (χ1v) is 8.45. The molecule has 0 aliphatic rings. The van der Waals surface area contributed by atoms with Gasteiger partial charge in [-0.3, -0.25) is 0 Å². The number of unbranched alkanes of at least 4 members (excludes halogenated alkanes) is 1. The third-order valence-electron chi connectivity index (χ3n) is 3.05. The molecular formula is C19H28O4. The standard InChI is InChI=1S/C19H28O4/c1-4-7-14-23-19(20)11-9-16-8-10-17(21-12-5-2)18(15-16)22-13-6-3/h8-11,15H,4-7,12-14H2,1-3H3. The number of benzene rings is 1. The summed E-state index contributed by atoms with van der Waals surface area (Å²) in [5.41, 5.74) is 0.882. The lowest BCUT2D eigenvalue weighted by Crippen LogP contribution is -2.02. The molecule has 0 spiro atoms. The zero-order chi connectivity index (χ0) is 16.9. The molecule has 1 aromatic rings. The van der Waals surface area contributed by atoms with E-state index in [1.54, 1.807) is 6.08 Å². The second-order valence-corrected chi connectivity index (χ2v) is 5.26. The molecule has 0 aliphatic heterocycles. The van der Waals surface area contributed by atoms with Crippen molar-refractivity contribution in [3.8, 4) is 11.5 Å². The van der Waals surface area contributed by atoms with Gasteiger partial charge in [-0.15, -0.1) is 0 Å². The van der Waals surface area contributed by atoms with Crippen molar-refractivity contribution in [2.75, 3.05) is 19.8 Å². The highest BCUT2D eigenvalue weighted by Gasteiger charge is 2.06. The lowest BCUT2D eigenvalue weighted by atomic mass is 10.2. The number of hydrogen-bond donors (Lipinski definition) is 0. The number of rotatable bonds is 11. The number of carbonyl (C=O) groups is 1. The van der Waals surface area contributed by atoms with Crippen LogP contribution in [0.3, 0.4) is 0 Å². The Hall–Kier alpha value is -1.97. The fourth-order valence-electron chi connectivity index (χ4n) is 1.81. The third kappa shape index (κ3) is 7.73. The lowest BCUT2D eigenvalue weighted by Gasteiger charge is -2.12. The van der Waals surface area contributed by atoms with Gasteiger partial charge in [0.05, 0.1) is 19.8 Å². The SMILES string of the molecule is CCCCOC(=O)C=Cc1ccc(OCCC)c(OCCC)c1. The molecule has 128 valence electrons. The van der Waals surface area contributed by atoms with E-state index >= 15 is 0 Å². The first kappa shape index (κ1) is 19.1. The van der Waals surface area contributed by atoms with E-state index in [4.69, 9.17) is 14.2 Å². The Labute approximate surface area is 139 Å². The van der Waals surface area contributed by atoms with Crippen molar-refractivity contribution in [2.45, 2.75) is 46.5 Å². The minimum atomic E-state index is -0.319. The molecule has 23 heavy (non-hydrogen) atoms. The molecule has 0 atom stereocenters. The maximum Gasteiger partial charge on any atom is 0.330 e. The zero-order valence-corrected chi connectivity index (χ0v) is 14.5. The first-order chi connectivity index (χ1) is 11.2. The molecule has 0 fully saturated rings. The predicted molar refractivity (Wildman–Crippen MR) is 92.9 cm³/mol. The third-order valence-corrected chi connectivity index (χ3v) is 3.05. The average Bonchev–Trinajstić information content (AvgIpc) is 2.57. The van der Waals surface area contributed by atoms with E-state index in [1.165, 1.54) is 6.08 Å². The molecule has 0 heterocycles. The maximum absolute atomic E-state index is 11.6. The van der Waals surface area contributed by atoms with Gasteiger partial charge in [0, 0.05) is 6.08 Å². The molecule has 0 N–H and O–H groups in total. The summed E-state index contributed by atoms with van der Waals surface area (Å²) in [4.78, 5) is 11.6. The van der Waals surface area contributed by atoms with E-state index in [9.17, 15) is 4.79 Å². The van der Waals surface area contributed by atoms with Crippen LogP contribution >= 0.6 is 0 Å². The molecule has 0 aromatic heterocycles. The summed E-state index contributed by atoms with van der Waals surface area (Å²) in [5.74, 6) is 1.13. The number of esters is 1. The van der Waals surface area contributed by atoms with Crippen LogP contribution in [-0.4, -0.2) is 25.8 Å². The monoisotopic (exact) mass is 320 g/mol. The topological polar surface area (TPSA) is 44.8 Å². The van der Waals surface area contributed by atoms with E-state index in [1.807, 2.05) is 18.2 Å². The van der Waals surface area contributed by atoms with Gasteiger partial charge in [0.2, 0.25) is 0 Å². The molecule has 0 unspecified atom stereocenters. The minimum absolute atomic E-state index is 0.319. The Morgan fingerprint density at radius 2 is 1.65 bits per heavy atom. The first-order valence-electron chi connectivity index (χ1n) is 8.45. The summed E-state index contributed by atoms with van der Waals surface area (Å²) >= 11 is 0. The van der Waals surface area contributed by atoms with Gasteiger partial charge in [-0.2, -0.15) is 0 Å². The Bertz CT molecular complexity index is 494. The second kappa shape index (κ2) is 11.6. The summed E-state index contributed by atoms with van der Waals surface area (Å²) in [6.45, 7) is 7.94. The van der Waals surface area contributed by atoms with Crippen LogP contribution in [0.15, 0.2) is 24.3 Å². The molecule has 0 saturated heterocycles. The van der Waals surface area contributed by atoms with Crippen LogP contribution in [0.5, 0.6) is 11.5 Å². The summed E-state index contributed by atoms with van der Waals surface area (Å²) in [7, 11) is 0. The Morgan fingerprint density at radius 3 is 2.30 bits per heavy atom. The molecule has 0 bridgehead atoms. The van der Waals surface area contributed by atoms with E-state index in [0.29, 0.717) is 25.6 Å². The molecule has 0 amide bonds. The van der Waals surface area contributed by atoms with E-state index < -0.39 is 0 Å². The van der Waals surface area contributed by atoms with Gasteiger partial charge in [0.25, 0.3) is 0 Å². The highest BCUT2D eigenvalue weighted by Crippen LogP contribution is 2.29. The summed E-state index contributed by atoms with van der Waals surface area (Å²) in [5, 5.41) is 0. The minimum Gasteiger partial charge on any atom is -0.490 e. The van der Waals surface area contributed by atoms with Crippen molar-refractivity contribution < 1.29 is 19.0 Å². The van der Waals surface area contributed by atoms with E-state index in [2.05, 4.69) is 20.8 Å². The lowest BCUT2D eigenvalue weighted by molar-refractivity contribution is -0.137. The highest BCUT2D eigenvalue weighted by atomic mass is 16.5. The van der Waals surface area contributed by atoms with Crippen LogP contribution in [0.2, 0.25) is 0 Å². The smallest absolute Gasteiger partial charge is 0.330 e. The second-order valence-electron chi connectivity index (χ2n) is 5.26. The van der Waals surface area contributed by atoms with Crippen LogP contribution in [0.25, 0.3) is 6.08 Å². The van der Waals surface area contributed by atoms with Crippen LogP contribution in [0.1, 0.15) is 52.0 Å². The average molecular weight is 320 g/mol. The quantitative estimate of drug-likeness (QED) is 0.339. The molecule has 4 nitrogen and oxygen atoms in total. The molecule has 0 aliphatic carbocycles. The number of hydrogen-bond acceptors (Lipinski definition) is 4. The maximum atomic E-state index is 11.6. The predicted octanol–water partition coefficient (Wildman–Crippen LogP) is 4.62. The summed E-state index contributed by atoms with van der Waals surface area (Å²) < 4.78 is 16.5. The Balaban J connectivity index is 2.72. The van der Waals surface area contributed by atoms with Gasteiger partial charge in [-0.1, -0.05) is 33.3 Å². The van der Waals surface area contributed by atoms with Gasteiger partial charge in [-0.25, -0.2) is 4.79 Å². The van der Waals surface area contributed by atoms with Gasteiger partial charge < -0.3 is 14.2 Å². The van der Waals surface area contributed by atoms with Crippen LogP contribution in [-0.2, 0) is 9.53 Å². The van der Waals surface area contributed by atoms with Gasteiger partial charge in [-0.05, 0) is 43.0 Å². The summed E-state index contributed by atoms with van der Waals surface area (Å²) in [6, 6.07) is 5.67. The van der Waals surface area contributed by atoms with Gasteiger partial charge in [0.1, 0.15) is 0 Å². The molecule has 1 aromatic carbocycles. The molecule has 1 rings (SSSR count). The number of ether oxygens (including phenoxy) is 3. The van der Waals surface area contributed by atoms with Crippen molar-refractivity contribution >= 4 is 12.0 Å². The van der Waals surface area contributed by atoms with Crippen molar-refractivity contribution in [3.63, 3.8) is 0 Å². The van der Waals surface area contributed by atoms with Crippen molar-refractivity contribution in [2.24, 2.45) is 0 Å².